The number of rotatable bonds is 4. The number of non-ortho nitro benzene ring substituents is 1. The largest absolute Gasteiger partial charge is 0.466 e. The molecule has 0 saturated heterocycles. The third-order valence-electron chi connectivity index (χ3n) is 5.02. The summed E-state index contributed by atoms with van der Waals surface area (Å²) in [6.45, 7) is 1.64. The first-order valence-corrected chi connectivity index (χ1v) is 10.6. The van der Waals surface area contributed by atoms with Crippen molar-refractivity contribution in [2.45, 2.75) is 13.0 Å². The molecule has 2 aromatic carbocycles. The average Bonchev–Trinajstić information content (AvgIpc) is 3.08. The predicted molar refractivity (Wildman–Crippen MR) is 120 cm³/mol. The fourth-order valence-corrected chi connectivity index (χ4v) is 4.78. The van der Waals surface area contributed by atoms with Crippen LogP contribution in [0.3, 0.4) is 0 Å². The Morgan fingerprint density at radius 2 is 2.03 bits per heavy atom. The third kappa shape index (κ3) is 3.76. The standard InChI is InChI=1S/C22H16ClN3O5S/c1-12-18(21(28)31-2)19(14-7-5-8-15(10-14)26(29)30)25-20(27)17(32-22(25)24-12)11-13-6-3-4-9-16(13)23/h3-11,19H,1-2H3. The van der Waals surface area contributed by atoms with Gasteiger partial charge in [0.2, 0.25) is 0 Å². The second-order valence-corrected chi connectivity index (χ2v) is 8.36. The summed E-state index contributed by atoms with van der Waals surface area (Å²) in [6, 6.07) is 12.0. The highest BCUT2D eigenvalue weighted by Crippen LogP contribution is 2.32. The molecule has 0 bridgehead atoms. The van der Waals surface area contributed by atoms with Gasteiger partial charge in [-0.15, -0.1) is 0 Å². The van der Waals surface area contributed by atoms with Crippen LogP contribution in [0.4, 0.5) is 5.69 Å². The molecule has 1 aliphatic rings. The smallest absolute Gasteiger partial charge is 0.338 e. The zero-order chi connectivity index (χ0) is 23.0. The number of thiazole rings is 1. The van der Waals surface area contributed by atoms with Crippen LogP contribution in [-0.2, 0) is 9.53 Å². The van der Waals surface area contributed by atoms with Gasteiger partial charge in [-0.3, -0.25) is 19.5 Å². The first kappa shape index (κ1) is 21.7. The van der Waals surface area contributed by atoms with Crippen LogP contribution in [-0.4, -0.2) is 22.6 Å². The highest BCUT2D eigenvalue weighted by atomic mass is 35.5. The lowest BCUT2D eigenvalue weighted by atomic mass is 9.95. The molecule has 1 aromatic heterocycles. The summed E-state index contributed by atoms with van der Waals surface area (Å²) in [6.07, 6.45) is 1.66. The molecule has 3 aromatic rings. The molecule has 0 fully saturated rings. The number of carbonyl (C=O) groups excluding carboxylic acids is 1. The normalized spacial score (nSPS) is 15.8. The van der Waals surface area contributed by atoms with Crippen LogP contribution in [0.15, 0.2) is 69.6 Å². The van der Waals surface area contributed by atoms with Gasteiger partial charge in [-0.1, -0.05) is 53.3 Å². The van der Waals surface area contributed by atoms with Crippen LogP contribution in [0.5, 0.6) is 0 Å². The SMILES string of the molecule is COC(=O)C1=C(C)N=c2sc(=Cc3ccccc3Cl)c(=O)n2C1c1cccc([N+](=O)[O-])c1. The molecule has 0 saturated carbocycles. The van der Waals surface area contributed by atoms with Gasteiger partial charge in [0, 0.05) is 17.2 Å². The summed E-state index contributed by atoms with van der Waals surface area (Å²) in [5.74, 6) is -0.664. The van der Waals surface area contributed by atoms with Crippen molar-refractivity contribution in [1.29, 1.82) is 0 Å². The number of esters is 1. The first-order chi connectivity index (χ1) is 15.3. The molecule has 1 atom stereocenters. The monoisotopic (exact) mass is 469 g/mol. The Labute approximate surface area is 190 Å². The lowest BCUT2D eigenvalue weighted by Gasteiger charge is -2.24. The highest BCUT2D eigenvalue weighted by molar-refractivity contribution is 7.07. The number of ether oxygens (including phenoxy) is 1. The van der Waals surface area contributed by atoms with E-state index in [1.807, 2.05) is 0 Å². The maximum Gasteiger partial charge on any atom is 0.338 e. The summed E-state index contributed by atoms with van der Waals surface area (Å²) >= 11 is 7.39. The number of hydrogen-bond donors (Lipinski definition) is 0. The van der Waals surface area contributed by atoms with Crippen molar-refractivity contribution in [3.05, 3.63) is 106 Å². The number of nitro groups is 1. The van der Waals surface area contributed by atoms with Crippen molar-refractivity contribution >= 4 is 40.7 Å². The number of nitrogens with zero attached hydrogens (tertiary/aromatic N) is 3. The van der Waals surface area contributed by atoms with Crippen LogP contribution < -0.4 is 14.9 Å². The van der Waals surface area contributed by atoms with Crippen LogP contribution in [0.1, 0.15) is 24.1 Å². The Hall–Kier alpha value is -3.56. The Balaban J connectivity index is 2.01. The number of fused-ring (bicyclic) bond motifs is 1. The average molecular weight is 470 g/mol. The zero-order valence-electron chi connectivity index (χ0n) is 16.9. The number of halogens is 1. The van der Waals surface area contributed by atoms with Crippen molar-refractivity contribution in [2.24, 2.45) is 4.99 Å². The van der Waals surface area contributed by atoms with E-state index in [2.05, 4.69) is 4.99 Å². The minimum absolute atomic E-state index is 0.143. The maximum absolute atomic E-state index is 13.4. The highest BCUT2D eigenvalue weighted by Gasteiger charge is 2.33. The summed E-state index contributed by atoms with van der Waals surface area (Å²) in [5, 5.41) is 11.8. The maximum atomic E-state index is 13.4. The molecule has 0 aliphatic carbocycles. The van der Waals surface area contributed by atoms with Gasteiger partial charge in [-0.2, -0.15) is 0 Å². The van der Waals surface area contributed by atoms with Crippen molar-refractivity contribution in [2.75, 3.05) is 7.11 Å². The fourth-order valence-electron chi connectivity index (χ4n) is 3.55. The summed E-state index contributed by atoms with van der Waals surface area (Å²) < 4.78 is 6.67. The van der Waals surface area contributed by atoms with Gasteiger partial charge in [0.1, 0.15) is 0 Å². The lowest BCUT2D eigenvalue weighted by molar-refractivity contribution is -0.384. The van der Waals surface area contributed by atoms with Crippen LogP contribution in [0.25, 0.3) is 6.08 Å². The Morgan fingerprint density at radius 1 is 1.28 bits per heavy atom. The van der Waals surface area contributed by atoms with E-state index >= 15 is 0 Å². The lowest BCUT2D eigenvalue weighted by Crippen LogP contribution is -2.39. The Morgan fingerprint density at radius 3 is 2.72 bits per heavy atom. The van der Waals surface area contributed by atoms with Crippen LogP contribution >= 0.6 is 22.9 Å². The van der Waals surface area contributed by atoms with Crippen molar-refractivity contribution < 1.29 is 14.5 Å². The molecular formula is C22H16ClN3O5S. The molecule has 8 nitrogen and oxygen atoms in total. The molecule has 1 unspecified atom stereocenters. The van der Waals surface area contributed by atoms with Gasteiger partial charge in [-0.05, 0) is 30.2 Å². The van der Waals surface area contributed by atoms with Crippen LogP contribution in [0, 0.1) is 10.1 Å². The fraction of sp³-hybridized carbons (Fsp3) is 0.136. The van der Waals surface area contributed by atoms with E-state index in [0.717, 1.165) is 11.3 Å². The molecule has 0 amide bonds. The molecule has 2 heterocycles. The van der Waals surface area contributed by atoms with Crippen molar-refractivity contribution in [3.8, 4) is 0 Å². The number of allylic oxidation sites excluding steroid dienone is 1. The molecule has 0 spiro atoms. The van der Waals surface area contributed by atoms with Gasteiger partial charge < -0.3 is 4.74 Å². The van der Waals surface area contributed by atoms with Crippen LogP contribution in [0.2, 0.25) is 5.02 Å². The Kier molecular flexibility index (Phi) is 5.77. The van der Waals surface area contributed by atoms with Gasteiger partial charge in [0.15, 0.2) is 4.80 Å². The minimum atomic E-state index is -0.924. The third-order valence-corrected chi connectivity index (χ3v) is 6.34. The van der Waals surface area contributed by atoms with Gasteiger partial charge in [0.25, 0.3) is 11.2 Å². The number of carbonyl (C=O) groups is 1. The van der Waals surface area contributed by atoms with E-state index in [0.29, 0.717) is 31.2 Å². The van der Waals surface area contributed by atoms with E-state index in [1.54, 1.807) is 43.3 Å². The summed E-state index contributed by atoms with van der Waals surface area (Å²) in [4.78, 5) is 41.7. The number of benzene rings is 2. The van der Waals surface area contributed by atoms with Crippen molar-refractivity contribution in [1.82, 2.24) is 4.57 Å². The van der Waals surface area contributed by atoms with E-state index in [-0.39, 0.29) is 16.8 Å². The summed E-state index contributed by atoms with van der Waals surface area (Å²) in [5.41, 5.74) is 1.04. The van der Waals surface area contributed by atoms with Gasteiger partial charge in [-0.25, -0.2) is 9.79 Å². The number of aromatic nitrogens is 1. The van der Waals surface area contributed by atoms with E-state index in [1.165, 1.54) is 29.9 Å². The van der Waals surface area contributed by atoms with Gasteiger partial charge >= 0.3 is 5.97 Å². The predicted octanol–water partition coefficient (Wildman–Crippen LogP) is 2.97. The molecule has 32 heavy (non-hydrogen) atoms. The molecular weight excluding hydrogens is 454 g/mol. The number of hydrogen-bond acceptors (Lipinski definition) is 7. The second kappa shape index (κ2) is 8.52. The number of nitro benzene ring substituents is 1. The second-order valence-electron chi connectivity index (χ2n) is 6.95. The molecule has 162 valence electrons. The van der Waals surface area contributed by atoms with Crippen molar-refractivity contribution in [3.63, 3.8) is 0 Å². The summed E-state index contributed by atoms with van der Waals surface area (Å²) in [7, 11) is 1.23. The van der Waals surface area contributed by atoms with E-state index in [4.69, 9.17) is 16.3 Å². The zero-order valence-corrected chi connectivity index (χ0v) is 18.5. The van der Waals surface area contributed by atoms with Gasteiger partial charge in [0.05, 0.1) is 33.9 Å². The molecule has 1 aliphatic heterocycles. The Bertz CT molecular complexity index is 1470. The minimum Gasteiger partial charge on any atom is -0.466 e. The topological polar surface area (TPSA) is 104 Å². The molecule has 4 rings (SSSR count). The molecule has 0 radical (unpaired) electrons. The molecule has 0 N–H and O–H groups in total. The first-order valence-electron chi connectivity index (χ1n) is 9.41. The quantitative estimate of drug-likeness (QED) is 0.332. The number of methoxy groups -OCH3 is 1. The van der Waals surface area contributed by atoms with E-state index in [9.17, 15) is 19.7 Å². The molecule has 10 heteroatoms. The van der Waals surface area contributed by atoms with E-state index < -0.39 is 16.9 Å².